The number of esters is 1. The summed E-state index contributed by atoms with van der Waals surface area (Å²) in [7, 11) is 0. The molecule has 1 aliphatic rings. The lowest BCUT2D eigenvalue weighted by Gasteiger charge is -2.19. The van der Waals surface area contributed by atoms with Gasteiger partial charge < -0.3 is 10.5 Å². The van der Waals surface area contributed by atoms with Crippen LogP contribution in [0.1, 0.15) is 32.4 Å². The first-order valence-corrected chi connectivity index (χ1v) is 5.87. The van der Waals surface area contributed by atoms with Gasteiger partial charge in [-0.3, -0.25) is 4.79 Å². The van der Waals surface area contributed by atoms with Crippen molar-refractivity contribution < 1.29 is 9.53 Å². The molecule has 2 rings (SSSR count). The van der Waals surface area contributed by atoms with E-state index < -0.39 is 5.60 Å². The first-order chi connectivity index (χ1) is 7.05. The van der Waals surface area contributed by atoms with Crippen LogP contribution in [0.4, 0.5) is 5.13 Å². The number of hydrogen-bond donors (Lipinski definition) is 1. The number of nitrogens with two attached hydrogens (primary N) is 1. The second-order valence-corrected chi connectivity index (χ2v) is 4.92. The molecule has 2 N–H and O–H groups in total. The molecule has 0 radical (unpaired) electrons. The molecule has 2 heterocycles. The molecule has 82 valence electrons. The Kier molecular flexibility index (Phi) is 2.42. The minimum atomic E-state index is -0.577. The molecular weight excluding hydrogens is 212 g/mol. The topological polar surface area (TPSA) is 65.2 Å². The van der Waals surface area contributed by atoms with E-state index in [1.807, 2.05) is 19.2 Å². The van der Waals surface area contributed by atoms with Gasteiger partial charge in [0.05, 0.1) is 11.6 Å². The van der Waals surface area contributed by atoms with Crippen LogP contribution in [0.5, 0.6) is 0 Å². The van der Waals surface area contributed by atoms with Gasteiger partial charge in [-0.25, -0.2) is 4.98 Å². The summed E-state index contributed by atoms with van der Waals surface area (Å²) in [6.07, 6.45) is 1.51. The largest absolute Gasteiger partial charge is 0.453 e. The van der Waals surface area contributed by atoms with E-state index in [0.717, 1.165) is 12.1 Å². The van der Waals surface area contributed by atoms with Gasteiger partial charge in [-0.2, -0.15) is 0 Å². The monoisotopic (exact) mass is 226 g/mol. The van der Waals surface area contributed by atoms with Gasteiger partial charge in [-0.15, -0.1) is 11.3 Å². The van der Waals surface area contributed by atoms with Gasteiger partial charge in [0, 0.05) is 11.8 Å². The molecule has 1 fully saturated rings. The highest BCUT2D eigenvalue weighted by Gasteiger charge is 2.45. The number of anilines is 1. The molecule has 1 aromatic rings. The van der Waals surface area contributed by atoms with E-state index in [2.05, 4.69) is 4.98 Å². The summed E-state index contributed by atoms with van der Waals surface area (Å²) < 4.78 is 5.40. The molecular formula is C10H14N2O2S. The van der Waals surface area contributed by atoms with E-state index in [-0.39, 0.29) is 11.9 Å². The van der Waals surface area contributed by atoms with E-state index in [4.69, 9.17) is 10.5 Å². The predicted octanol–water partition coefficient (Wildman–Crippen LogP) is 1.91. The Morgan fingerprint density at radius 3 is 3.00 bits per heavy atom. The highest BCUT2D eigenvalue weighted by atomic mass is 32.1. The molecule has 15 heavy (non-hydrogen) atoms. The number of rotatable bonds is 2. The Labute approximate surface area is 92.5 Å². The molecule has 1 saturated heterocycles. The van der Waals surface area contributed by atoms with Gasteiger partial charge in [0.1, 0.15) is 0 Å². The molecule has 0 unspecified atom stereocenters. The number of ether oxygens (including phenoxy) is 1. The number of carbonyl (C=O) groups excluding carboxylic acids is 1. The van der Waals surface area contributed by atoms with E-state index in [9.17, 15) is 4.79 Å². The maximum absolute atomic E-state index is 11.5. The average molecular weight is 226 g/mol. The van der Waals surface area contributed by atoms with Crippen molar-refractivity contribution in [3.05, 3.63) is 11.1 Å². The number of carbonyl (C=O) groups is 1. The molecule has 0 bridgehead atoms. The van der Waals surface area contributed by atoms with Crippen LogP contribution in [-0.2, 0) is 15.1 Å². The summed E-state index contributed by atoms with van der Waals surface area (Å²) >= 11 is 1.38. The molecule has 0 spiro atoms. The third kappa shape index (κ3) is 1.71. The Morgan fingerprint density at radius 1 is 1.80 bits per heavy atom. The maximum Gasteiger partial charge on any atom is 0.310 e. The van der Waals surface area contributed by atoms with E-state index in [0.29, 0.717) is 11.6 Å². The van der Waals surface area contributed by atoms with Gasteiger partial charge in [0.15, 0.2) is 10.7 Å². The second-order valence-electron chi connectivity index (χ2n) is 4.03. The molecule has 2 atom stereocenters. The summed E-state index contributed by atoms with van der Waals surface area (Å²) in [4.78, 5) is 15.7. The van der Waals surface area contributed by atoms with Crippen molar-refractivity contribution in [3.63, 3.8) is 0 Å². The fraction of sp³-hybridized carbons (Fsp3) is 0.600. The molecule has 0 aromatic carbocycles. The van der Waals surface area contributed by atoms with Gasteiger partial charge in [0.25, 0.3) is 0 Å². The Hall–Kier alpha value is -1.10. The highest BCUT2D eigenvalue weighted by molar-refractivity contribution is 7.13. The molecule has 1 aliphatic heterocycles. The molecule has 0 saturated carbocycles. The fourth-order valence-corrected chi connectivity index (χ4v) is 2.58. The normalized spacial score (nSPS) is 30.5. The highest BCUT2D eigenvalue weighted by Crippen LogP contribution is 2.41. The summed E-state index contributed by atoms with van der Waals surface area (Å²) in [5.41, 5.74) is 5.77. The number of thiazole rings is 1. The van der Waals surface area contributed by atoms with Crippen LogP contribution < -0.4 is 5.73 Å². The van der Waals surface area contributed by atoms with Crippen molar-refractivity contribution in [3.8, 4) is 0 Å². The van der Waals surface area contributed by atoms with Crippen molar-refractivity contribution in [2.24, 2.45) is 5.92 Å². The summed E-state index contributed by atoms with van der Waals surface area (Å²) in [5.74, 6) is -0.121. The Morgan fingerprint density at radius 2 is 2.53 bits per heavy atom. The first-order valence-electron chi connectivity index (χ1n) is 4.99. The van der Waals surface area contributed by atoms with E-state index in [1.54, 1.807) is 0 Å². The zero-order chi connectivity index (χ0) is 11.1. The minimum Gasteiger partial charge on any atom is -0.453 e. The summed E-state index contributed by atoms with van der Waals surface area (Å²) in [5, 5.41) is 2.38. The quantitative estimate of drug-likeness (QED) is 0.782. The number of nitrogens with zero attached hydrogens (tertiary/aromatic N) is 1. The van der Waals surface area contributed by atoms with Crippen molar-refractivity contribution in [2.75, 3.05) is 5.73 Å². The van der Waals surface area contributed by atoms with Crippen molar-refractivity contribution in [1.82, 2.24) is 4.98 Å². The molecule has 4 nitrogen and oxygen atoms in total. The standard InChI is InChI=1S/C10H14N2O2S/c1-3-6-4-10(2,14-8(6)13)7-5-15-9(11)12-7/h5-6H,3-4H2,1-2H3,(H2,11,12)/t6-,10-/m1/s1. The lowest BCUT2D eigenvalue weighted by atomic mass is 9.92. The first kappa shape index (κ1) is 10.4. The smallest absolute Gasteiger partial charge is 0.310 e. The third-order valence-corrected chi connectivity index (χ3v) is 3.53. The lowest BCUT2D eigenvalue weighted by Crippen LogP contribution is -2.21. The Bertz CT molecular complexity index is 391. The van der Waals surface area contributed by atoms with Crippen molar-refractivity contribution in [2.45, 2.75) is 32.3 Å². The van der Waals surface area contributed by atoms with E-state index >= 15 is 0 Å². The van der Waals surface area contributed by atoms with Crippen LogP contribution in [0.25, 0.3) is 0 Å². The SMILES string of the molecule is CC[C@@H]1C[C@](C)(c2csc(N)n2)OC1=O. The maximum atomic E-state index is 11.5. The van der Waals surface area contributed by atoms with Gasteiger partial charge >= 0.3 is 5.97 Å². The van der Waals surface area contributed by atoms with Crippen LogP contribution in [-0.4, -0.2) is 11.0 Å². The fourth-order valence-electron chi connectivity index (χ4n) is 1.90. The third-order valence-electron chi connectivity index (χ3n) is 2.85. The van der Waals surface area contributed by atoms with Gasteiger partial charge in [-0.1, -0.05) is 6.92 Å². The van der Waals surface area contributed by atoms with Crippen molar-refractivity contribution in [1.29, 1.82) is 0 Å². The van der Waals surface area contributed by atoms with Gasteiger partial charge in [0.2, 0.25) is 0 Å². The molecule has 1 aromatic heterocycles. The van der Waals surface area contributed by atoms with Crippen LogP contribution in [0.3, 0.4) is 0 Å². The molecule has 5 heteroatoms. The zero-order valence-electron chi connectivity index (χ0n) is 8.82. The number of cyclic esters (lactones) is 1. The number of aromatic nitrogens is 1. The zero-order valence-corrected chi connectivity index (χ0v) is 9.63. The predicted molar refractivity (Wildman–Crippen MR) is 58.4 cm³/mol. The minimum absolute atomic E-state index is 0.00192. The second kappa shape index (κ2) is 3.48. The number of nitrogen functional groups attached to an aromatic ring is 1. The van der Waals surface area contributed by atoms with Crippen LogP contribution in [0, 0.1) is 5.92 Å². The Balaban J connectivity index is 2.26. The van der Waals surface area contributed by atoms with Crippen LogP contribution in [0.2, 0.25) is 0 Å². The van der Waals surface area contributed by atoms with E-state index in [1.165, 1.54) is 11.3 Å². The van der Waals surface area contributed by atoms with Crippen molar-refractivity contribution >= 4 is 22.4 Å². The van der Waals surface area contributed by atoms with Crippen LogP contribution in [0.15, 0.2) is 5.38 Å². The van der Waals surface area contributed by atoms with Gasteiger partial charge in [-0.05, 0) is 13.3 Å². The number of hydrogen-bond acceptors (Lipinski definition) is 5. The summed E-state index contributed by atoms with van der Waals surface area (Å²) in [6.45, 7) is 3.89. The van der Waals surface area contributed by atoms with Crippen LogP contribution >= 0.6 is 11.3 Å². The molecule has 0 amide bonds. The summed E-state index contributed by atoms with van der Waals surface area (Å²) in [6, 6.07) is 0. The lowest BCUT2D eigenvalue weighted by molar-refractivity contribution is -0.150. The average Bonchev–Trinajstić information content (AvgIpc) is 2.72. The molecule has 0 aliphatic carbocycles.